The first-order chi connectivity index (χ1) is 17.2. The Kier molecular flexibility index (Phi) is 7.09. The zero-order chi connectivity index (χ0) is 25.9. The summed E-state index contributed by atoms with van der Waals surface area (Å²) in [4.78, 5) is 55.4. The van der Waals surface area contributed by atoms with Crippen molar-refractivity contribution in [1.29, 1.82) is 0 Å². The highest BCUT2D eigenvalue weighted by molar-refractivity contribution is 9.12. The molecule has 36 heavy (non-hydrogen) atoms. The van der Waals surface area contributed by atoms with Gasteiger partial charge in [-0.3, -0.25) is 19.2 Å². The Morgan fingerprint density at radius 1 is 0.944 bits per heavy atom. The van der Waals surface area contributed by atoms with Crippen molar-refractivity contribution in [3.63, 3.8) is 0 Å². The topological polar surface area (TPSA) is 74.8 Å². The second-order valence-corrected chi connectivity index (χ2v) is 12.4. The van der Waals surface area contributed by atoms with Crippen molar-refractivity contribution in [1.82, 2.24) is 10.0 Å². The number of hydrogen-bond donors (Lipinski definition) is 0. The van der Waals surface area contributed by atoms with Crippen LogP contribution in [0, 0.1) is 23.7 Å². The minimum Gasteiger partial charge on any atom is -0.292 e. The molecule has 0 spiro atoms. The number of alkyl halides is 2. The predicted octanol–water partition coefficient (Wildman–Crippen LogP) is 5.79. The minimum absolute atomic E-state index is 0.0299. The summed E-state index contributed by atoms with van der Waals surface area (Å²) in [6.45, 7) is 1.75. The molecule has 10 heteroatoms. The van der Waals surface area contributed by atoms with E-state index in [0.717, 1.165) is 16.4 Å². The van der Waals surface area contributed by atoms with Crippen LogP contribution in [0.2, 0.25) is 10.0 Å². The zero-order valence-electron chi connectivity index (χ0n) is 19.1. The summed E-state index contributed by atoms with van der Waals surface area (Å²) < 4.78 is 0. The van der Waals surface area contributed by atoms with Crippen LogP contribution in [0.3, 0.4) is 0 Å². The first kappa shape index (κ1) is 25.9. The molecule has 1 aliphatic heterocycles. The van der Waals surface area contributed by atoms with Gasteiger partial charge in [-0.25, -0.2) is 5.01 Å². The Morgan fingerprint density at radius 2 is 1.53 bits per heavy atom. The number of nitrogens with zero attached hydrogens (tertiary/aromatic N) is 2. The third-order valence-corrected chi connectivity index (χ3v) is 11.5. The largest absolute Gasteiger partial charge is 0.292 e. The highest BCUT2D eigenvalue weighted by atomic mass is 79.9. The lowest BCUT2D eigenvalue weighted by molar-refractivity contribution is -0.157. The van der Waals surface area contributed by atoms with Crippen molar-refractivity contribution < 1.29 is 19.2 Å². The molecule has 2 saturated carbocycles. The van der Waals surface area contributed by atoms with E-state index in [1.165, 1.54) is 18.2 Å². The molecule has 0 aromatic heterocycles. The highest BCUT2D eigenvalue weighted by Gasteiger charge is 2.68. The first-order valence-electron chi connectivity index (χ1n) is 11.7. The van der Waals surface area contributed by atoms with Crippen molar-refractivity contribution in [3.05, 3.63) is 69.7 Å². The summed E-state index contributed by atoms with van der Waals surface area (Å²) in [6.07, 6.45) is 0.954. The fourth-order valence-corrected chi connectivity index (χ4v) is 8.11. The molecule has 5 rings (SSSR count). The minimum atomic E-state index is -1.07. The lowest BCUT2D eigenvalue weighted by Gasteiger charge is -2.36. The number of benzene rings is 2. The smallest absolute Gasteiger partial charge is 0.273 e. The van der Waals surface area contributed by atoms with Crippen LogP contribution in [0.4, 0.5) is 0 Å². The number of fused-ring (bicyclic) bond motifs is 5. The third kappa shape index (κ3) is 3.96. The summed E-state index contributed by atoms with van der Waals surface area (Å²) in [5, 5.41) is 2.42. The molecule has 188 valence electrons. The van der Waals surface area contributed by atoms with E-state index in [9.17, 15) is 19.2 Å². The van der Waals surface area contributed by atoms with Crippen LogP contribution in [-0.4, -0.2) is 49.2 Å². The maximum Gasteiger partial charge on any atom is 0.273 e. The molecule has 1 saturated heterocycles. The van der Waals surface area contributed by atoms with E-state index < -0.39 is 35.6 Å². The van der Waals surface area contributed by atoms with Gasteiger partial charge in [0, 0.05) is 20.8 Å². The molecule has 6 nitrogen and oxygen atoms in total. The van der Waals surface area contributed by atoms with Crippen LogP contribution < -0.4 is 0 Å². The highest BCUT2D eigenvalue weighted by Crippen LogP contribution is 2.60. The van der Waals surface area contributed by atoms with Crippen molar-refractivity contribution in [2.75, 3.05) is 0 Å². The molecule has 1 heterocycles. The molecule has 3 amide bonds. The summed E-state index contributed by atoms with van der Waals surface area (Å²) >= 11 is 19.6. The standard InChI is InChI=1S/C26H22Br2Cl2N2O4/c1-2-18(23(33)12-6-4-3-5-7-12)31(24(34)13-8-9-16(29)17(30)10-13)32-25(35)19-14-11-15(20(19)26(32)36)22(28)21(14)27/h3-10,14-15,18-22H,2,11H2,1H3/t14-,15-,18-,19-,20-,21-,22+/m1/s1. The molecule has 0 radical (unpaired) electrons. The van der Waals surface area contributed by atoms with E-state index in [2.05, 4.69) is 31.9 Å². The Bertz CT molecular complexity index is 1230. The molecule has 0 unspecified atom stereocenters. The average Bonchev–Trinajstić information content (AvgIpc) is 3.49. The van der Waals surface area contributed by atoms with Crippen LogP contribution in [-0.2, 0) is 9.59 Å². The second-order valence-electron chi connectivity index (χ2n) is 9.43. The van der Waals surface area contributed by atoms with Gasteiger partial charge < -0.3 is 0 Å². The van der Waals surface area contributed by atoms with Gasteiger partial charge >= 0.3 is 0 Å². The average molecular weight is 657 g/mol. The quantitative estimate of drug-likeness (QED) is 0.224. The van der Waals surface area contributed by atoms with Crippen molar-refractivity contribution in [3.8, 4) is 0 Å². The van der Waals surface area contributed by atoms with Gasteiger partial charge in [0.15, 0.2) is 5.78 Å². The van der Waals surface area contributed by atoms with E-state index in [-0.39, 0.29) is 49.3 Å². The molecule has 2 aromatic rings. The van der Waals surface area contributed by atoms with Gasteiger partial charge in [0.25, 0.3) is 17.7 Å². The number of hydrazine groups is 1. The molecule has 2 aliphatic carbocycles. The first-order valence-corrected chi connectivity index (χ1v) is 14.3. The summed E-state index contributed by atoms with van der Waals surface area (Å²) in [6, 6.07) is 11.8. The van der Waals surface area contributed by atoms with E-state index in [0.29, 0.717) is 5.56 Å². The van der Waals surface area contributed by atoms with Crippen LogP contribution in [0.5, 0.6) is 0 Å². The fraction of sp³-hybridized carbons (Fsp3) is 0.385. The number of halogens is 4. The second kappa shape index (κ2) is 9.86. The van der Waals surface area contributed by atoms with Gasteiger partial charge in [0.1, 0.15) is 6.04 Å². The number of carbonyl (C=O) groups excluding carboxylic acids is 4. The Hall–Kier alpha value is -1.74. The molecular weight excluding hydrogens is 635 g/mol. The molecular formula is C26H22Br2Cl2N2O4. The van der Waals surface area contributed by atoms with Gasteiger partial charge in [-0.05, 0) is 42.9 Å². The normalized spacial score (nSPS) is 29.4. The molecule has 2 bridgehead atoms. The maximum absolute atomic E-state index is 14.0. The van der Waals surface area contributed by atoms with Crippen LogP contribution in [0.15, 0.2) is 48.5 Å². The van der Waals surface area contributed by atoms with Gasteiger partial charge in [-0.15, -0.1) is 0 Å². The fourth-order valence-electron chi connectivity index (χ4n) is 5.94. The van der Waals surface area contributed by atoms with Crippen LogP contribution >= 0.6 is 55.1 Å². The molecule has 3 aliphatic rings. The van der Waals surface area contributed by atoms with Crippen molar-refractivity contribution in [2.45, 2.75) is 35.5 Å². The number of rotatable bonds is 6. The molecule has 7 atom stereocenters. The lowest BCUT2D eigenvalue weighted by atomic mass is 9.81. The van der Waals surface area contributed by atoms with E-state index >= 15 is 0 Å². The molecule has 0 N–H and O–H groups in total. The lowest BCUT2D eigenvalue weighted by Crippen LogP contribution is -2.57. The Balaban J connectivity index is 1.59. The Morgan fingerprint density at radius 3 is 2.06 bits per heavy atom. The van der Waals surface area contributed by atoms with Gasteiger partial charge in [0.05, 0.1) is 21.9 Å². The number of imide groups is 1. The SMILES string of the molecule is CC[C@H](C(=O)c1ccccc1)N(C(=O)c1ccc(Cl)c(Cl)c1)N1C(=O)[C@@H]2[C@H]3C[C@@H]([C@@H](Br)[C@H]3Br)[C@H]2C1=O. The monoisotopic (exact) mass is 654 g/mol. The van der Waals surface area contributed by atoms with Crippen molar-refractivity contribution >= 4 is 78.6 Å². The number of amides is 3. The zero-order valence-corrected chi connectivity index (χ0v) is 23.8. The van der Waals surface area contributed by atoms with E-state index in [1.54, 1.807) is 37.3 Å². The van der Waals surface area contributed by atoms with Gasteiger partial charge in [-0.1, -0.05) is 92.3 Å². The van der Waals surface area contributed by atoms with E-state index in [4.69, 9.17) is 23.2 Å². The van der Waals surface area contributed by atoms with Gasteiger partial charge in [0.2, 0.25) is 0 Å². The van der Waals surface area contributed by atoms with Crippen LogP contribution in [0.1, 0.15) is 40.5 Å². The maximum atomic E-state index is 14.0. The number of Topliss-reactive ketones (excluding diaryl/α,β-unsaturated/α-hetero) is 1. The summed E-state index contributed by atoms with van der Waals surface area (Å²) in [7, 11) is 0. The van der Waals surface area contributed by atoms with Crippen LogP contribution in [0.25, 0.3) is 0 Å². The summed E-state index contributed by atoms with van der Waals surface area (Å²) in [5.74, 6) is -3.02. The molecule has 2 aromatic carbocycles. The van der Waals surface area contributed by atoms with E-state index in [1.807, 2.05) is 0 Å². The molecule has 3 fully saturated rings. The van der Waals surface area contributed by atoms with Crippen molar-refractivity contribution in [2.24, 2.45) is 23.7 Å². The number of ketones is 1. The Labute approximate surface area is 235 Å². The predicted molar refractivity (Wildman–Crippen MR) is 143 cm³/mol. The number of carbonyl (C=O) groups is 4. The third-order valence-electron chi connectivity index (χ3n) is 7.60. The number of hydrogen-bond acceptors (Lipinski definition) is 4. The summed E-state index contributed by atoms with van der Waals surface area (Å²) in [5.41, 5.74) is 0.512. The van der Waals surface area contributed by atoms with Gasteiger partial charge in [-0.2, -0.15) is 5.01 Å².